The molecule has 20 aromatic rings. The largest absolute Gasteiger partial charge is 0.309 e. The SMILES string of the molecule is Cc1ccc2c(c1)c1cc(C)ccc1n2-c1ccc2c(c1)c1ccccc1n2-c1ccc(-c2cc(-c3ccccc3C)nc(-c3ccccc3C)n2)cc1.Cc1ccccc1-c1cc(-c2cc(C)c(-n3c4ccccc4c4cc(-n5c6ccccc6c6ccccc65)ccc43)cc2C)nc(-c2ccccc2C)n1. The van der Waals surface area contributed by atoms with E-state index < -0.39 is 0 Å². The second-order valence-electron chi connectivity index (χ2n) is 29.0. The molecule has 14 aromatic carbocycles. The highest BCUT2D eigenvalue weighted by Crippen LogP contribution is 2.43. The van der Waals surface area contributed by atoms with Crippen molar-refractivity contribution in [1.29, 1.82) is 0 Å². The van der Waals surface area contributed by atoms with E-state index in [0.717, 1.165) is 102 Å². The van der Waals surface area contributed by atoms with Crippen LogP contribution < -0.4 is 0 Å². The first kappa shape index (κ1) is 65.2. The number of benzene rings is 14. The van der Waals surface area contributed by atoms with Gasteiger partial charge in [-0.05, 0) is 210 Å². The van der Waals surface area contributed by atoms with E-state index in [1.54, 1.807) is 0 Å². The zero-order chi connectivity index (χ0) is 73.0. The molecule has 0 amide bonds. The van der Waals surface area contributed by atoms with E-state index in [1.807, 2.05) is 0 Å². The van der Waals surface area contributed by atoms with Gasteiger partial charge in [-0.15, -0.1) is 0 Å². The van der Waals surface area contributed by atoms with Crippen LogP contribution in [-0.2, 0) is 0 Å². The molecule has 6 heterocycles. The monoisotopic (exact) mass is 1390 g/mol. The molecule has 0 spiro atoms. The number of para-hydroxylation sites is 4. The molecule has 8 heteroatoms. The molecule has 0 aliphatic heterocycles. The molecular formula is C100H76N8. The van der Waals surface area contributed by atoms with Crippen LogP contribution in [-0.4, -0.2) is 38.2 Å². The van der Waals surface area contributed by atoms with Gasteiger partial charge >= 0.3 is 0 Å². The average Bonchev–Trinajstić information content (AvgIpc) is 1.60. The molecule has 0 fully saturated rings. The molecule has 0 N–H and O–H groups in total. The Morgan fingerprint density at radius 3 is 0.954 bits per heavy atom. The summed E-state index contributed by atoms with van der Waals surface area (Å²) in [6.07, 6.45) is 0. The van der Waals surface area contributed by atoms with Gasteiger partial charge in [0.2, 0.25) is 0 Å². The highest BCUT2D eigenvalue weighted by Gasteiger charge is 2.23. The Bertz CT molecular complexity index is 6800. The predicted molar refractivity (Wildman–Crippen MR) is 452 cm³/mol. The lowest BCUT2D eigenvalue weighted by Gasteiger charge is -2.17. The number of hydrogen-bond acceptors (Lipinski definition) is 4. The topological polar surface area (TPSA) is 71.3 Å². The second kappa shape index (κ2) is 26.2. The number of aryl methyl sites for hydroxylation is 8. The Labute approximate surface area is 627 Å². The van der Waals surface area contributed by atoms with Gasteiger partial charge in [0.15, 0.2) is 11.6 Å². The van der Waals surface area contributed by atoms with E-state index in [-0.39, 0.29) is 0 Å². The van der Waals surface area contributed by atoms with Crippen LogP contribution in [0, 0.1) is 55.4 Å². The zero-order valence-electron chi connectivity index (χ0n) is 61.6. The van der Waals surface area contributed by atoms with Gasteiger partial charge in [-0.25, -0.2) is 19.9 Å². The summed E-state index contributed by atoms with van der Waals surface area (Å²) >= 11 is 0. The van der Waals surface area contributed by atoms with Gasteiger partial charge in [0.05, 0.1) is 66.9 Å². The first-order valence-corrected chi connectivity index (χ1v) is 37.2. The molecule has 0 radical (unpaired) electrons. The molecule has 108 heavy (non-hydrogen) atoms. The average molecular weight is 1390 g/mol. The summed E-state index contributed by atoms with van der Waals surface area (Å²) in [5.41, 5.74) is 33.9. The predicted octanol–water partition coefficient (Wildman–Crippen LogP) is 25.8. The molecule has 516 valence electrons. The third-order valence-electron chi connectivity index (χ3n) is 22.0. The minimum Gasteiger partial charge on any atom is -0.309 e. The first-order valence-electron chi connectivity index (χ1n) is 37.2. The van der Waals surface area contributed by atoms with Crippen LogP contribution in [0.1, 0.15) is 44.5 Å². The maximum absolute atomic E-state index is 5.24. The fourth-order valence-corrected chi connectivity index (χ4v) is 16.6. The minimum atomic E-state index is 0.736. The molecule has 0 saturated heterocycles. The molecule has 0 aliphatic rings. The van der Waals surface area contributed by atoms with Crippen LogP contribution in [0.5, 0.6) is 0 Å². The van der Waals surface area contributed by atoms with Crippen molar-refractivity contribution in [3.05, 3.63) is 360 Å². The molecule has 6 aromatic heterocycles. The lowest BCUT2D eigenvalue weighted by atomic mass is 9.98. The molecule has 0 bridgehead atoms. The van der Waals surface area contributed by atoms with Crippen LogP contribution in [0.4, 0.5) is 0 Å². The third kappa shape index (κ3) is 11.1. The fraction of sp³-hybridized carbons (Fsp3) is 0.0800. The summed E-state index contributed by atoms with van der Waals surface area (Å²) in [4.78, 5) is 20.6. The highest BCUT2D eigenvalue weighted by molar-refractivity contribution is 6.14. The Morgan fingerprint density at radius 2 is 0.509 bits per heavy atom. The van der Waals surface area contributed by atoms with Gasteiger partial charge in [0, 0.05) is 99.2 Å². The molecule has 0 atom stereocenters. The number of aromatic nitrogens is 8. The number of fused-ring (bicyclic) bond motifs is 12. The van der Waals surface area contributed by atoms with Crippen LogP contribution in [0.15, 0.2) is 315 Å². The van der Waals surface area contributed by atoms with Crippen LogP contribution in [0.3, 0.4) is 0 Å². The quantitative estimate of drug-likeness (QED) is 0.137. The van der Waals surface area contributed by atoms with Gasteiger partial charge in [0.1, 0.15) is 0 Å². The summed E-state index contributed by atoms with van der Waals surface area (Å²) in [5.74, 6) is 1.48. The maximum Gasteiger partial charge on any atom is 0.160 e. The molecular weight excluding hydrogens is 1310 g/mol. The van der Waals surface area contributed by atoms with Crippen molar-refractivity contribution in [2.45, 2.75) is 55.4 Å². The first-order chi connectivity index (χ1) is 52.8. The summed E-state index contributed by atoms with van der Waals surface area (Å²) in [7, 11) is 0. The van der Waals surface area contributed by atoms with Crippen molar-refractivity contribution in [3.63, 3.8) is 0 Å². The van der Waals surface area contributed by atoms with E-state index >= 15 is 0 Å². The van der Waals surface area contributed by atoms with E-state index in [2.05, 4.69) is 389 Å². The number of nitrogens with zero attached hydrogens (tertiary/aromatic N) is 8. The van der Waals surface area contributed by atoms with Crippen LogP contribution in [0.2, 0.25) is 0 Å². The Morgan fingerprint density at radius 1 is 0.194 bits per heavy atom. The third-order valence-corrected chi connectivity index (χ3v) is 22.0. The second-order valence-corrected chi connectivity index (χ2v) is 29.0. The van der Waals surface area contributed by atoms with Crippen molar-refractivity contribution >= 4 is 87.2 Å². The summed E-state index contributed by atoms with van der Waals surface area (Å²) in [6.45, 7) is 17.3. The summed E-state index contributed by atoms with van der Waals surface area (Å²) in [5, 5.41) is 10.0. The Hall–Kier alpha value is -13.6. The van der Waals surface area contributed by atoms with E-state index in [0.29, 0.717) is 0 Å². The standard InChI is InChI=1S/2C50H38N4/c1-31-15-5-7-17-36(31)43-30-44(52-50(51-43)37-18-8-6-16-32(37)2)41-27-34(4)49(28-33(41)3)54-47-24-14-11-21-40(47)42-29-35(25-26-48(42)54)53-45-22-12-9-19-38(45)39-20-10-13-23-46(39)53;1-31-17-24-47-41(27-31)42-28-32(2)18-25-48(42)54(47)37-23-26-49-43(29-37)40-15-9-10-16-46(40)53(49)36-21-19-35(20-22-36)44-30-45(38-13-7-5-11-33(38)3)52-50(51-44)39-14-8-6-12-34(39)4/h2*5-30H,1-4H3. The molecule has 0 unspecified atom stereocenters. The van der Waals surface area contributed by atoms with Crippen molar-refractivity contribution in [2.24, 2.45) is 0 Å². The van der Waals surface area contributed by atoms with E-state index in [1.165, 1.54) is 121 Å². The molecule has 0 aliphatic carbocycles. The van der Waals surface area contributed by atoms with Crippen LogP contribution >= 0.6 is 0 Å². The van der Waals surface area contributed by atoms with Crippen molar-refractivity contribution in [1.82, 2.24) is 38.2 Å². The lowest BCUT2D eigenvalue weighted by Crippen LogP contribution is -2.02. The van der Waals surface area contributed by atoms with Gasteiger partial charge in [-0.1, -0.05) is 205 Å². The Kier molecular flexibility index (Phi) is 15.8. The number of hydrogen-bond donors (Lipinski definition) is 0. The zero-order valence-corrected chi connectivity index (χ0v) is 61.6. The molecule has 20 rings (SSSR count). The Balaban J connectivity index is 0.000000147. The van der Waals surface area contributed by atoms with Gasteiger partial charge in [-0.3, -0.25) is 0 Å². The fourth-order valence-electron chi connectivity index (χ4n) is 16.6. The van der Waals surface area contributed by atoms with E-state index in [9.17, 15) is 0 Å². The van der Waals surface area contributed by atoms with Gasteiger partial charge in [-0.2, -0.15) is 0 Å². The van der Waals surface area contributed by atoms with Crippen LogP contribution in [0.25, 0.3) is 178 Å². The smallest absolute Gasteiger partial charge is 0.160 e. The van der Waals surface area contributed by atoms with Gasteiger partial charge in [0.25, 0.3) is 0 Å². The normalized spacial score (nSPS) is 11.7. The lowest BCUT2D eigenvalue weighted by molar-refractivity contribution is 1.13. The highest BCUT2D eigenvalue weighted by atomic mass is 15.0. The van der Waals surface area contributed by atoms with Crippen molar-refractivity contribution in [2.75, 3.05) is 0 Å². The van der Waals surface area contributed by atoms with Crippen molar-refractivity contribution < 1.29 is 0 Å². The molecule has 0 saturated carbocycles. The number of rotatable bonds is 10. The maximum atomic E-state index is 5.24. The van der Waals surface area contributed by atoms with Gasteiger partial charge < -0.3 is 18.3 Å². The minimum absolute atomic E-state index is 0.736. The van der Waals surface area contributed by atoms with Crippen molar-refractivity contribution in [3.8, 4) is 90.6 Å². The van der Waals surface area contributed by atoms with E-state index in [4.69, 9.17) is 19.9 Å². The summed E-state index contributed by atoms with van der Waals surface area (Å²) < 4.78 is 9.64. The molecule has 8 nitrogen and oxygen atoms in total. The summed E-state index contributed by atoms with van der Waals surface area (Å²) in [6, 6.07) is 114.